The second-order valence-electron chi connectivity index (χ2n) is 5.91. The summed E-state index contributed by atoms with van der Waals surface area (Å²) in [7, 11) is 2.10. The summed E-state index contributed by atoms with van der Waals surface area (Å²) in [5.74, 6) is 0.554. The molecule has 0 aliphatic carbocycles. The number of nitriles is 1. The van der Waals surface area contributed by atoms with Gasteiger partial charge >= 0.3 is 0 Å². The van der Waals surface area contributed by atoms with E-state index >= 15 is 0 Å². The standard InChI is InChI=1S/C17H26N2/c1-13(2)17(11-18)12-19(5)9-8-16-7-6-14(3)15(4)10-16/h6-7,10,13,17H,8-9,12H2,1-5H3. The molecule has 0 spiro atoms. The van der Waals surface area contributed by atoms with Crippen LogP contribution < -0.4 is 0 Å². The third-order valence-corrected chi connectivity index (χ3v) is 3.83. The molecular weight excluding hydrogens is 232 g/mol. The minimum Gasteiger partial charge on any atom is -0.305 e. The topological polar surface area (TPSA) is 27.0 Å². The number of benzene rings is 1. The van der Waals surface area contributed by atoms with Crippen molar-refractivity contribution in [2.24, 2.45) is 11.8 Å². The predicted octanol–water partition coefficient (Wildman–Crippen LogP) is 3.57. The Morgan fingerprint density at radius 1 is 1.21 bits per heavy atom. The fourth-order valence-electron chi connectivity index (χ4n) is 2.11. The molecule has 0 aromatic heterocycles. The SMILES string of the molecule is Cc1ccc(CCN(C)CC(C#N)C(C)C)cc1C. The van der Waals surface area contributed by atoms with E-state index in [1.54, 1.807) is 0 Å². The van der Waals surface area contributed by atoms with Crippen LogP contribution in [0.4, 0.5) is 0 Å². The lowest BCUT2D eigenvalue weighted by atomic mass is 9.97. The highest BCUT2D eigenvalue weighted by molar-refractivity contribution is 5.30. The summed E-state index contributed by atoms with van der Waals surface area (Å²) in [6.07, 6.45) is 1.05. The lowest BCUT2D eigenvalue weighted by Gasteiger charge is -2.22. The second kappa shape index (κ2) is 7.31. The fourth-order valence-corrected chi connectivity index (χ4v) is 2.11. The van der Waals surface area contributed by atoms with E-state index in [1.165, 1.54) is 16.7 Å². The van der Waals surface area contributed by atoms with Crippen LogP contribution in [0.5, 0.6) is 0 Å². The molecule has 1 atom stereocenters. The summed E-state index contributed by atoms with van der Waals surface area (Å²) in [5, 5.41) is 9.12. The number of nitrogens with zero attached hydrogens (tertiary/aromatic N) is 2. The van der Waals surface area contributed by atoms with Crippen molar-refractivity contribution in [3.8, 4) is 6.07 Å². The maximum Gasteiger partial charge on any atom is 0.0671 e. The molecule has 2 nitrogen and oxygen atoms in total. The molecule has 0 fully saturated rings. The van der Waals surface area contributed by atoms with Gasteiger partial charge in [0.1, 0.15) is 0 Å². The summed E-state index contributed by atoms with van der Waals surface area (Å²) in [5.41, 5.74) is 4.09. The Labute approximate surface area is 118 Å². The van der Waals surface area contributed by atoms with Crippen molar-refractivity contribution in [2.75, 3.05) is 20.1 Å². The van der Waals surface area contributed by atoms with Crippen molar-refractivity contribution in [1.82, 2.24) is 4.90 Å². The monoisotopic (exact) mass is 258 g/mol. The van der Waals surface area contributed by atoms with Crippen molar-refractivity contribution in [2.45, 2.75) is 34.1 Å². The molecule has 1 rings (SSSR count). The highest BCUT2D eigenvalue weighted by Gasteiger charge is 2.14. The molecule has 0 bridgehead atoms. The Morgan fingerprint density at radius 3 is 2.42 bits per heavy atom. The fraction of sp³-hybridized carbons (Fsp3) is 0.588. The summed E-state index contributed by atoms with van der Waals surface area (Å²) in [6.45, 7) is 10.4. The summed E-state index contributed by atoms with van der Waals surface area (Å²) < 4.78 is 0. The van der Waals surface area contributed by atoms with Crippen LogP contribution in [0, 0.1) is 37.0 Å². The predicted molar refractivity (Wildman–Crippen MR) is 81.1 cm³/mol. The first-order chi connectivity index (χ1) is 8.93. The largest absolute Gasteiger partial charge is 0.305 e. The first-order valence-corrected chi connectivity index (χ1v) is 7.08. The van der Waals surface area contributed by atoms with E-state index in [2.05, 4.69) is 63.9 Å². The average molecular weight is 258 g/mol. The smallest absolute Gasteiger partial charge is 0.0671 e. The van der Waals surface area contributed by atoms with Crippen LogP contribution in [0.15, 0.2) is 18.2 Å². The Balaban J connectivity index is 2.48. The van der Waals surface area contributed by atoms with Crippen molar-refractivity contribution in [3.05, 3.63) is 34.9 Å². The molecule has 2 heteroatoms. The minimum atomic E-state index is 0.129. The highest BCUT2D eigenvalue weighted by atomic mass is 15.1. The van der Waals surface area contributed by atoms with Gasteiger partial charge in [0.15, 0.2) is 0 Å². The van der Waals surface area contributed by atoms with Crippen LogP contribution in [0.1, 0.15) is 30.5 Å². The van der Waals surface area contributed by atoms with Crippen molar-refractivity contribution in [3.63, 3.8) is 0 Å². The number of likely N-dealkylation sites (N-methyl/N-ethyl adjacent to an activating group) is 1. The normalized spacial score (nSPS) is 12.7. The minimum absolute atomic E-state index is 0.129. The average Bonchev–Trinajstić information content (AvgIpc) is 2.37. The molecule has 0 aliphatic rings. The van der Waals surface area contributed by atoms with Gasteiger partial charge in [-0.2, -0.15) is 5.26 Å². The van der Waals surface area contributed by atoms with Gasteiger partial charge in [-0.3, -0.25) is 0 Å². The third-order valence-electron chi connectivity index (χ3n) is 3.83. The number of rotatable bonds is 6. The molecule has 0 saturated heterocycles. The Morgan fingerprint density at radius 2 is 1.89 bits per heavy atom. The lowest BCUT2D eigenvalue weighted by molar-refractivity contribution is 0.275. The van der Waals surface area contributed by atoms with Gasteiger partial charge in [-0.25, -0.2) is 0 Å². The van der Waals surface area contributed by atoms with Crippen molar-refractivity contribution in [1.29, 1.82) is 5.26 Å². The number of aryl methyl sites for hydroxylation is 2. The van der Waals surface area contributed by atoms with E-state index in [-0.39, 0.29) is 5.92 Å². The van der Waals surface area contributed by atoms with Gasteiger partial charge in [-0.15, -0.1) is 0 Å². The van der Waals surface area contributed by atoms with Gasteiger partial charge in [0.25, 0.3) is 0 Å². The molecule has 0 N–H and O–H groups in total. The molecular formula is C17H26N2. The first-order valence-electron chi connectivity index (χ1n) is 7.08. The third kappa shape index (κ3) is 5.04. The molecule has 0 radical (unpaired) electrons. The van der Waals surface area contributed by atoms with Gasteiger partial charge in [0.2, 0.25) is 0 Å². The van der Waals surface area contributed by atoms with Crippen LogP contribution in [0.3, 0.4) is 0 Å². The molecule has 0 heterocycles. The van der Waals surface area contributed by atoms with E-state index in [9.17, 15) is 0 Å². The highest BCUT2D eigenvalue weighted by Crippen LogP contribution is 2.13. The van der Waals surface area contributed by atoms with E-state index in [4.69, 9.17) is 5.26 Å². The van der Waals surface area contributed by atoms with E-state index in [1.807, 2.05) is 0 Å². The quantitative estimate of drug-likeness (QED) is 0.780. The number of hydrogen-bond donors (Lipinski definition) is 0. The molecule has 0 amide bonds. The van der Waals surface area contributed by atoms with E-state index in [0.29, 0.717) is 5.92 Å². The van der Waals surface area contributed by atoms with Crippen molar-refractivity contribution >= 4 is 0 Å². The van der Waals surface area contributed by atoms with Crippen LogP contribution >= 0.6 is 0 Å². The molecule has 104 valence electrons. The summed E-state index contributed by atoms with van der Waals surface area (Å²) in [4.78, 5) is 2.27. The van der Waals surface area contributed by atoms with Crippen LogP contribution in [-0.4, -0.2) is 25.0 Å². The van der Waals surface area contributed by atoms with Crippen molar-refractivity contribution < 1.29 is 0 Å². The zero-order valence-electron chi connectivity index (χ0n) is 12.9. The molecule has 19 heavy (non-hydrogen) atoms. The van der Waals surface area contributed by atoms with Crippen LogP contribution in [0.2, 0.25) is 0 Å². The maximum absolute atomic E-state index is 9.12. The molecule has 1 unspecified atom stereocenters. The lowest BCUT2D eigenvalue weighted by Crippen LogP contribution is -2.29. The van der Waals surface area contributed by atoms with Gasteiger partial charge in [-0.05, 0) is 49.9 Å². The van der Waals surface area contributed by atoms with E-state index in [0.717, 1.165) is 19.5 Å². The van der Waals surface area contributed by atoms with Gasteiger partial charge in [0, 0.05) is 13.1 Å². The molecule has 0 aliphatic heterocycles. The maximum atomic E-state index is 9.12. The molecule has 0 saturated carbocycles. The van der Waals surface area contributed by atoms with Crippen LogP contribution in [-0.2, 0) is 6.42 Å². The Kier molecular flexibility index (Phi) is 6.05. The first kappa shape index (κ1) is 15.7. The zero-order valence-corrected chi connectivity index (χ0v) is 12.9. The second-order valence-corrected chi connectivity index (χ2v) is 5.91. The zero-order chi connectivity index (χ0) is 14.4. The summed E-state index contributed by atoms with van der Waals surface area (Å²) >= 11 is 0. The Hall–Kier alpha value is -1.33. The van der Waals surface area contributed by atoms with Gasteiger partial charge in [0.05, 0.1) is 12.0 Å². The summed E-state index contributed by atoms with van der Waals surface area (Å²) in [6, 6.07) is 9.08. The van der Waals surface area contributed by atoms with Gasteiger partial charge < -0.3 is 4.90 Å². The van der Waals surface area contributed by atoms with E-state index < -0.39 is 0 Å². The van der Waals surface area contributed by atoms with Gasteiger partial charge in [-0.1, -0.05) is 32.0 Å². The molecule has 1 aromatic carbocycles. The van der Waals surface area contributed by atoms with Crippen LogP contribution in [0.25, 0.3) is 0 Å². The Bertz CT molecular complexity index is 443. The number of hydrogen-bond acceptors (Lipinski definition) is 2. The molecule has 1 aromatic rings.